The van der Waals surface area contributed by atoms with Crippen LogP contribution in [-0.2, 0) is 14.4 Å². The molecular weight excluding hydrogens is 633 g/mol. The van der Waals surface area contributed by atoms with Crippen LogP contribution >= 0.6 is 0 Å². The highest BCUT2D eigenvalue weighted by molar-refractivity contribution is 5.79. The van der Waals surface area contributed by atoms with Gasteiger partial charge >= 0.3 is 18.1 Å². The Kier molecular flexibility index (Phi) is 11.9. The maximum Gasteiger partial charge on any atom is 0.490 e. The third kappa shape index (κ3) is 8.57. The van der Waals surface area contributed by atoms with Crippen molar-refractivity contribution >= 4 is 17.8 Å². The summed E-state index contributed by atoms with van der Waals surface area (Å²) < 4.78 is 48.1. The van der Waals surface area contributed by atoms with Crippen molar-refractivity contribution in [1.29, 1.82) is 0 Å². The van der Waals surface area contributed by atoms with E-state index in [1.807, 2.05) is 65.6 Å². The van der Waals surface area contributed by atoms with Crippen LogP contribution in [0.3, 0.4) is 0 Å². The van der Waals surface area contributed by atoms with E-state index in [-0.39, 0.29) is 37.1 Å². The molecule has 1 saturated heterocycles. The molecule has 2 aliphatic heterocycles. The number of amides is 1. The molecule has 3 N–H and O–H groups in total. The molecule has 5 rings (SSSR count). The minimum Gasteiger partial charge on any atom is -0.497 e. The van der Waals surface area contributed by atoms with Gasteiger partial charge in [0.2, 0.25) is 12.7 Å². The number of hydrogen-bond donors (Lipinski definition) is 3. The summed E-state index contributed by atoms with van der Waals surface area (Å²) in [6.45, 7) is 4.91. The number of ether oxygens (including phenoxy) is 3. The van der Waals surface area contributed by atoms with Crippen LogP contribution in [0, 0.1) is 11.8 Å². The molecule has 0 aromatic heterocycles. The van der Waals surface area contributed by atoms with Gasteiger partial charge in [0.15, 0.2) is 11.5 Å². The molecule has 1 unspecified atom stereocenters. The number of fused-ring (bicyclic) bond motifs is 1. The van der Waals surface area contributed by atoms with E-state index >= 15 is 0 Å². The minimum atomic E-state index is -5.08. The predicted octanol–water partition coefficient (Wildman–Crippen LogP) is 6.19. The van der Waals surface area contributed by atoms with Crippen molar-refractivity contribution in [3.8, 4) is 17.2 Å². The van der Waals surface area contributed by atoms with E-state index in [9.17, 15) is 27.9 Å². The number of rotatable bonds is 11. The molecule has 1 fully saturated rings. The SMILES string of the molecule is CCC(CC)C(NC(=O)CN1C[C@H](c2ccc3c(c2)OCO3)[C@@H](C(=O)O)[C@@H]1c1ccc(OC)cc1)c1ccccc1.O=C(O)C(F)(F)F. The quantitative estimate of drug-likeness (QED) is 0.218. The number of carbonyl (C=O) groups excluding carboxylic acids is 1. The number of carboxylic acids is 2. The van der Waals surface area contributed by atoms with E-state index in [0.29, 0.717) is 23.8 Å². The third-order valence-electron chi connectivity index (χ3n) is 8.75. The molecule has 0 aliphatic carbocycles. The maximum absolute atomic E-state index is 13.7. The lowest BCUT2D eigenvalue weighted by Gasteiger charge is -2.30. The monoisotopic (exact) mass is 672 g/mol. The highest BCUT2D eigenvalue weighted by Crippen LogP contribution is 2.47. The summed E-state index contributed by atoms with van der Waals surface area (Å²) in [6, 6.07) is 22.5. The molecule has 3 aromatic carbocycles. The smallest absolute Gasteiger partial charge is 0.490 e. The number of benzene rings is 3. The van der Waals surface area contributed by atoms with Crippen LogP contribution in [0.1, 0.15) is 61.4 Å². The molecule has 258 valence electrons. The van der Waals surface area contributed by atoms with E-state index in [2.05, 4.69) is 31.3 Å². The van der Waals surface area contributed by atoms with E-state index in [0.717, 1.165) is 29.5 Å². The number of carboxylic acid groups (broad SMARTS) is 2. The third-order valence-corrected chi connectivity index (χ3v) is 8.75. The average Bonchev–Trinajstić information content (AvgIpc) is 3.69. The normalized spacial score (nSPS) is 19.3. The number of nitrogens with zero attached hydrogens (tertiary/aromatic N) is 1. The number of carbonyl (C=O) groups is 3. The fourth-order valence-corrected chi connectivity index (χ4v) is 6.37. The van der Waals surface area contributed by atoms with E-state index < -0.39 is 30.1 Å². The summed E-state index contributed by atoms with van der Waals surface area (Å²) in [6.07, 6.45) is -3.22. The molecule has 10 nitrogen and oxygen atoms in total. The van der Waals surface area contributed by atoms with Gasteiger partial charge in [-0.3, -0.25) is 14.5 Å². The number of aliphatic carboxylic acids is 2. The van der Waals surface area contributed by atoms with Gasteiger partial charge in [0.05, 0.1) is 25.6 Å². The van der Waals surface area contributed by atoms with Crippen LogP contribution in [0.5, 0.6) is 17.2 Å². The largest absolute Gasteiger partial charge is 0.497 e. The van der Waals surface area contributed by atoms with Crippen LogP contribution in [0.4, 0.5) is 13.2 Å². The molecule has 2 heterocycles. The first-order valence-corrected chi connectivity index (χ1v) is 15.5. The average molecular weight is 673 g/mol. The van der Waals surface area contributed by atoms with Crippen LogP contribution < -0.4 is 19.5 Å². The lowest BCUT2D eigenvalue weighted by Crippen LogP contribution is -2.41. The summed E-state index contributed by atoms with van der Waals surface area (Å²) >= 11 is 0. The van der Waals surface area contributed by atoms with E-state index in [4.69, 9.17) is 24.1 Å². The van der Waals surface area contributed by atoms with Gasteiger partial charge < -0.3 is 29.7 Å². The van der Waals surface area contributed by atoms with Crippen molar-refractivity contribution in [3.05, 3.63) is 89.5 Å². The predicted molar refractivity (Wildman–Crippen MR) is 169 cm³/mol. The van der Waals surface area contributed by atoms with Crippen molar-refractivity contribution in [2.45, 2.75) is 50.9 Å². The molecule has 0 bridgehead atoms. The molecular formula is C35H39F3N2O8. The maximum atomic E-state index is 13.7. The second-order valence-corrected chi connectivity index (χ2v) is 11.6. The first-order chi connectivity index (χ1) is 22.9. The van der Waals surface area contributed by atoms with Gasteiger partial charge in [-0.25, -0.2) is 4.79 Å². The fourth-order valence-electron chi connectivity index (χ4n) is 6.37. The Morgan fingerprint density at radius 3 is 2.10 bits per heavy atom. The van der Waals surface area contributed by atoms with Crippen molar-refractivity contribution in [2.75, 3.05) is 27.0 Å². The molecule has 13 heteroatoms. The van der Waals surface area contributed by atoms with Gasteiger partial charge in [0.25, 0.3) is 0 Å². The molecule has 2 aliphatic rings. The van der Waals surface area contributed by atoms with Crippen molar-refractivity contribution in [3.63, 3.8) is 0 Å². The summed E-state index contributed by atoms with van der Waals surface area (Å²) in [7, 11) is 1.60. The number of hydrogen-bond acceptors (Lipinski definition) is 7. The minimum absolute atomic E-state index is 0.0744. The topological polar surface area (TPSA) is 135 Å². The van der Waals surface area contributed by atoms with Gasteiger partial charge in [0, 0.05) is 18.5 Å². The second-order valence-electron chi connectivity index (χ2n) is 11.6. The highest BCUT2D eigenvalue weighted by Gasteiger charge is 2.48. The summed E-state index contributed by atoms with van der Waals surface area (Å²) in [5.74, 6) is -2.69. The first-order valence-electron chi connectivity index (χ1n) is 15.5. The molecule has 1 amide bonds. The van der Waals surface area contributed by atoms with E-state index in [1.54, 1.807) is 7.11 Å². The highest BCUT2D eigenvalue weighted by atomic mass is 19.4. The molecule has 0 radical (unpaired) electrons. The van der Waals surface area contributed by atoms with Gasteiger partial charge in [-0.1, -0.05) is 75.2 Å². The Bertz CT molecular complexity index is 1550. The Morgan fingerprint density at radius 1 is 0.938 bits per heavy atom. The van der Waals surface area contributed by atoms with Crippen LogP contribution in [0.25, 0.3) is 0 Å². The molecule has 3 aromatic rings. The van der Waals surface area contributed by atoms with Crippen molar-refractivity contribution in [2.24, 2.45) is 11.8 Å². The van der Waals surface area contributed by atoms with Gasteiger partial charge in [0.1, 0.15) is 5.75 Å². The number of likely N-dealkylation sites (tertiary alicyclic amines) is 1. The summed E-state index contributed by atoms with van der Waals surface area (Å²) in [5, 5.41) is 21.0. The van der Waals surface area contributed by atoms with Crippen LogP contribution in [0.15, 0.2) is 72.8 Å². The summed E-state index contributed by atoms with van der Waals surface area (Å²) in [5.41, 5.74) is 2.75. The number of methoxy groups -OCH3 is 1. The lowest BCUT2D eigenvalue weighted by molar-refractivity contribution is -0.192. The Balaban J connectivity index is 0.000000671. The van der Waals surface area contributed by atoms with Gasteiger partial charge in [-0.2, -0.15) is 13.2 Å². The Hall–Kier alpha value is -4.78. The summed E-state index contributed by atoms with van der Waals surface area (Å²) in [4.78, 5) is 37.5. The Labute approximate surface area is 276 Å². The molecule has 48 heavy (non-hydrogen) atoms. The first kappa shape index (κ1) is 36.1. The number of halogens is 3. The standard InChI is InChI=1S/C33H38N2O6.C2HF3O2/c1-4-21(5-2)31(22-9-7-6-8-10-22)34-29(36)19-35-18-26(24-13-16-27-28(17-24)41-20-40-27)30(33(37)38)32(35)23-11-14-25(39-3)15-12-23;3-2(4,5)1(6)7/h6-17,21,26,30-32H,4-5,18-20H2,1-3H3,(H,34,36)(H,37,38);(H,6,7)/t26-,30-,31?,32+;/m1./s1. The zero-order valence-electron chi connectivity index (χ0n) is 26.8. The second kappa shape index (κ2) is 15.9. The van der Waals surface area contributed by atoms with Crippen molar-refractivity contribution < 1.29 is 52.0 Å². The molecule has 0 saturated carbocycles. The number of alkyl halides is 3. The van der Waals surface area contributed by atoms with Crippen LogP contribution in [-0.4, -0.2) is 66.1 Å². The van der Waals surface area contributed by atoms with Gasteiger partial charge in [-0.05, 0) is 46.9 Å². The van der Waals surface area contributed by atoms with Crippen molar-refractivity contribution in [1.82, 2.24) is 10.2 Å². The zero-order chi connectivity index (χ0) is 35.0. The molecule has 0 spiro atoms. The van der Waals surface area contributed by atoms with E-state index in [1.165, 1.54) is 0 Å². The number of nitrogens with one attached hydrogen (secondary N) is 1. The van der Waals surface area contributed by atoms with Gasteiger partial charge in [-0.15, -0.1) is 0 Å². The zero-order valence-corrected chi connectivity index (χ0v) is 26.8. The lowest BCUT2D eigenvalue weighted by atomic mass is 9.82. The Morgan fingerprint density at radius 2 is 1.54 bits per heavy atom. The van der Waals surface area contributed by atoms with Crippen LogP contribution in [0.2, 0.25) is 0 Å². The fraction of sp³-hybridized carbons (Fsp3) is 0.400. The molecule has 4 atom stereocenters.